The minimum absolute atomic E-state index is 0.0708. The number of hydrogen-bond acceptors (Lipinski definition) is 6. The molecule has 0 spiro atoms. The molecule has 0 amide bonds. The number of rotatable bonds is 5. The fourth-order valence-electron chi connectivity index (χ4n) is 1.97. The highest BCUT2D eigenvalue weighted by Gasteiger charge is 2.22. The summed E-state index contributed by atoms with van der Waals surface area (Å²) in [6.45, 7) is 3.11. The standard InChI is InChI=1S/C13H22N6O2/c14-11(19-3-5-20-6-4-19)10(12(15)21-13(16)17)8-18-7-9-1-2-9/h8-9,14H,1-7,15H2,(H3,16,17). The number of aliphatic imine (C=N–C) groups is 1. The van der Waals surface area contributed by atoms with Gasteiger partial charge in [-0.25, -0.2) is 0 Å². The number of nitrogens with zero attached hydrogens (tertiary/aromatic N) is 2. The van der Waals surface area contributed by atoms with Gasteiger partial charge in [0.1, 0.15) is 5.84 Å². The lowest BCUT2D eigenvalue weighted by Gasteiger charge is -2.29. The van der Waals surface area contributed by atoms with Gasteiger partial charge in [-0.15, -0.1) is 0 Å². The summed E-state index contributed by atoms with van der Waals surface area (Å²) in [4.78, 5) is 6.17. The summed E-state index contributed by atoms with van der Waals surface area (Å²) in [5.74, 6) is 0.796. The lowest BCUT2D eigenvalue weighted by molar-refractivity contribution is 0.0679. The van der Waals surface area contributed by atoms with Crippen molar-refractivity contribution < 1.29 is 9.47 Å². The Bertz CT molecular complexity index is 463. The van der Waals surface area contributed by atoms with Gasteiger partial charge in [-0.2, -0.15) is 0 Å². The van der Waals surface area contributed by atoms with Gasteiger partial charge in [0.25, 0.3) is 6.02 Å². The molecule has 1 heterocycles. The molecule has 0 radical (unpaired) electrons. The third-order valence-electron chi connectivity index (χ3n) is 3.35. The Kier molecular flexibility index (Phi) is 5.15. The van der Waals surface area contributed by atoms with E-state index in [1.54, 1.807) is 6.21 Å². The van der Waals surface area contributed by atoms with Crippen molar-refractivity contribution in [2.45, 2.75) is 12.8 Å². The van der Waals surface area contributed by atoms with E-state index in [9.17, 15) is 0 Å². The van der Waals surface area contributed by atoms with Crippen LogP contribution in [0.3, 0.4) is 0 Å². The predicted octanol–water partition coefficient (Wildman–Crippen LogP) is -0.143. The average Bonchev–Trinajstić information content (AvgIpc) is 3.27. The topological polar surface area (TPSA) is 134 Å². The van der Waals surface area contributed by atoms with E-state index < -0.39 is 6.02 Å². The number of nitrogens with one attached hydrogen (secondary N) is 2. The van der Waals surface area contributed by atoms with Crippen LogP contribution in [0.25, 0.3) is 0 Å². The molecule has 0 atom stereocenters. The van der Waals surface area contributed by atoms with Gasteiger partial charge in [-0.3, -0.25) is 15.8 Å². The van der Waals surface area contributed by atoms with E-state index in [1.165, 1.54) is 12.8 Å². The first-order valence-corrected chi connectivity index (χ1v) is 7.01. The lowest BCUT2D eigenvalue weighted by Crippen LogP contribution is -2.42. The second-order valence-electron chi connectivity index (χ2n) is 5.13. The Balaban J connectivity index is 2.10. The molecule has 0 aromatic heterocycles. The van der Waals surface area contributed by atoms with Crippen LogP contribution in [-0.4, -0.2) is 55.8 Å². The van der Waals surface area contributed by atoms with E-state index in [0.717, 1.165) is 6.54 Å². The SMILES string of the molecule is N=C(N)OC(N)=C(C=NCC1CC1)C(=N)N1CCOCC1. The number of hydrogen-bond donors (Lipinski definition) is 4. The average molecular weight is 294 g/mol. The molecule has 1 aliphatic carbocycles. The van der Waals surface area contributed by atoms with Gasteiger partial charge in [0.05, 0.1) is 18.8 Å². The molecule has 0 unspecified atom stereocenters. The predicted molar refractivity (Wildman–Crippen MR) is 80.4 cm³/mol. The fraction of sp³-hybridized carbons (Fsp3) is 0.615. The summed E-state index contributed by atoms with van der Waals surface area (Å²) in [6, 6.07) is -0.504. The molecular formula is C13H22N6O2. The number of amidine groups is 2. The van der Waals surface area contributed by atoms with Crippen molar-refractivity contribution >= 4 is 18.1 Å². The Morgan fingerprint density at radius 2 is 1.95 bits per heavy atom. The van der Waals surface area contributed by atoms with Crippen LogP contribution in [0.4, 0.5) is 0 Å². The monoisotopic (exact) mass is 294 g/mol. The van der Waals surface area contributed by atoms with Crippen LogP contribution in [-0.2, 0) is 9.47 Å². The Morgan fingerprint density at radius 3 is 2.52 bits per heavy atom. The number of ether oxygens (including phenoxy) is 2. The van der Waals surface area contributed by atoms with Crippen molar-refractivity contribution in [3.63, 3.8) is 0 Å². The van der Waals surface area contributed by atoms with E-state index in [2.05, 4.69) is 4.99 Å². The van der Waals surface area contributed by atoms with Crippen LogP contribution in [0, 0.1) is 16.7 Å². The maximum atomic E-state index is 8.27. The molecule has 0 aromatic carbocycles. The smallest absolute Gasteiger partial charge is 0.285 e. The van der Waals surface area contributed by atoms with Crippen LogP contribution in [0.1, 0.15) is 12.8 Å². The van der Waals surface area contributed by atoms with E-state index >= 15 is 0 Å². The van der Waals surface area contributed by atoms with Crippen molar-refractivity contribution in [2.24, 2.45) is 22.4 Å². The molecule has 6 N–H and O–H groups in total. The maximum Gasteiger partial charge on any atom is 0.285 e. The van der Waals surface area contributed by atoms with Gasteiger partial charge in [0.15, 0.2) is 0 Å². The third kappa shape index (κ3) is 4.75. The van der Waals surface area contributed by atoms with Crippen LogP contribution in [0.15, 0.2) is 16.4 Å². The zero-order chi connectivity index (χ0) is 15.2. The molecule has 2 fully saturated rings. The van der Waals surface area contributed by atoms with Crippen molar-refractivity contribution in [3.05, 3.63) is 11.5 Å². The summed E-state index contributed by atoms with van der Waals surface area (Å²) in [7, 11) is 0. The molecule has 8 heteroatoms. The molecule has 2 aliphatic rings. The van der Waals surface area contributed by atoms with Crippen LogP contribution >= 0.6 is 0 Å². The summed E-state index contributed by atoms with van der Waals surface area (Å²) >= 11 is 0. The molecule has 8 nitrogen and oxygen atoms in total. The highest BCUT2D eigenvalue weighted by Crippen LogP contribution is 2.28. The molecule has 2 rings (SSSR count). The summed E-state index contributed by atoms with van der Waals surface area (Å²) in [5.41, 5.74) is 11.4. The molecule has 1 saturated carbocycles. The first-order chi connectivity index (χ1) is 10.1. The van der Waals surface area contributed by atoms with Crippen LogP contribution in [0.2, 0.25) is 0 Å². The summed E-state index contributed by atoms with van der Waals surface area (Å²) in [6.07, 6.45) is 3.96. The number of nitrogens with two attached hydrogens (primary N) is 2. The second kappa shape index (κ2) is 7.07. The van der Waals surface area contributed by atoms with Crippen LogP contribution < -0.4 is 11.5 Å². The maximum absolute atomic E-state index is 8.27. The number of morpholine rings is 1. The van der Waals surface area contributed by atoms with Gasteiger partial charge < -0.3 is 25.8 Å². The fourth-order valence-corrected chi connectivity index (χ4v) is 1.97. The van der Waals surface area contributed by atoms with E-state index in [1.807, 2.05) is 4.90 Å². The molecule has 116 valence electrons. The molecule has 21 heavy (non-hydrogen) atoms. The van der Waals surface area contributed by atoms with Gasteiger partial charge in [-0.1, -0.05) is 0 Å². The Morgan fingerprint density at radius 1 is 1.29 bits per heavy atom. The third-order valence-corrected chi connectivity index (χ3v) is 3.35. The first-order valence-electron chi connectivity index (χ1n) is 7.01. The Hall–Kier alpha value is -2.09. The van der Waals surface area contributed by atoms with Gasteiger partial charge >= 0.3 is 0 Å². The van der Waals surface area contributed by atoms with Gasteiger partial charge in [-0.05, 0) is 18.8 Å². The van der Waals surface area contributed by atoms with E-state index in [0.29, 0.717) is 37.8 Å². The lowest BCUT2D eigenvalue weighted by atomic mass is 10.2. The zero-order valence-corrected chi connectivity index (χ0v) is 12.0. The molecule has 0 aromatic rings. The molecule has 1 aliphatic heterocycles. The highest BCUT2D eigenvalue weighted by molar-refractivity contribution is 6.14. The molecule has 1 saturated heterocycles. The molecule has 0 bridgehead atoms. The van der Waals surface area contributed by atoms with E-state index in [-0.39, 0.29) is 11.7 Å². The highest BCUT2D eigenvalue weighted by atomic mass is 16.5. The minimum atomic E-state index is -0.504. The van der Waals surface area contributed by atoms with Crippen molar-refractivity contribution in [1.82, 2.24) is 4.90 Å². The minimum Gasteiger partial charge on any atom is -0.409 e. The van der Waals surface area contributed by atoms with Crippen molar-refractivity contribution in [3.8, 4) is 0 Å². The molecular weight excluding hydrogens is 272 g/mol. The van der Waals surface area contributed by atoms with Crippen LogP contribution in [0.5, 0.6) is 0 Å². The van der Waals surface area contributed by atoms with Gasteiger partial charge in [0.2, 0.25) is 5.88 Å². The zero-order valence-electron chi connectivity index (χ0n) is 12.0. The summed E-state index contributed by atoms with van der Waals surface area (Å²) in [5, 5.41) is 15.4. The largest absolute Gasteiger partial charge is 0.409 e. The summed E-state index contributed by atoms with van der Waals surface area (Å²) < 4.78 is 10.2. The normalized spacial score (nSPS) is 20.3. The Labute approximate surface area is 123 Å². The quantitative estimate of drug-likeness (QED) is 0.318. The van der Waals surface area contributed by atoms with Crippen molar-refractivity contribution in [1.29, 1.82) is 10.8 Å². The second-order valence-corrected chi connectivity index (χ2v) is 5.13. The van der Waals surface area contributed by atoms with Crippen molar-refractivity contribution in [2.75, 3.05) is 32.8 Å². The van der Waals surface area contributed by atoms with Gasteiger partial charge in [0, 0.05) is 25.8 Å². The first kappa shape index (κ1) is 15.3. The van der Waals surface area contributed by atoms with E-state index in [4.69, 9.17) is 31.8 Å².